The zero-order valence-corrected chi connectivity index (χ0v) is 12.5. The van der Waals surface area contributed by atoms with Crippen molar-refractivity contribution in [1.29, 1.82) is 0 Å². The van der Waals surface area contributed by atoms with E-state index in [0.717, 1.165) is 30.5 Å². The van der Waals surface area contributed by atoms with Crippen LogP contribution >= 0.6 is 11.3 Å². The van der Waals surface area contributed by atoms with Crippen molar-refractivity contribution in [3.63, 3.8) is 0 Å². The van der Waals surface area contributed by atoms with Gasteiger partial charge in [-0.3, -0.25) is 4.79 Å². The van der Waals surface area contributed by atoms with Gasteiger partial charge in [0.1, 0.15) is 0 Å². The summed E-state index contributed by atoms with van der Waals surface area (Å²) in [5, 5.41) is 14.5. The van der Waals surface area contributed by atoms with Crippen LogP contribution < -0.4 is 5.32 Å². The molecule has 1 fully saturated rings. The first-order chi connectivity index (χ1) is 10.6. The second kappa shape index (κ2) is 6.14. The third-order valence-corrected chi connectivity index (χ3v) is 4.63. The van der Waals surface area contributed by atoms with Gasteiger partial charge in [0.15, 0.2) is 11.6 Å². The fraction of sp³-hybridized carbons (Fsp3) is 0.312. The van der Waals surface area contributed by atoms with E-state index in [1.807, 2.05) is 11.4 Å². The van der Waals surface area contributed by atoms with E-state index < -0.39 is 17.7 Å². The predicted octanol–water partition coefficient (Wildman–Crippen LogP) is 3.37. The summed E-state index contributed by atoms with van der Waals surface area (Å²) in [6.07, 6.45) is 1.13. The Bertz CT molecular complexity index is 697. The number of halogens is 2. The zero-order valence-electron chi connectivity index (χ0n) is 11.7. The maximum absolute atomic E-state index is 13.1. The molecule has 1 heterocycles. The minimum Gasteiger partial charge on any atom is -0.387 e. The molecule has 22 heavy (non-hydrogen) atoms. The number of rotatable bonds is 5. The molecule has 2 aromatic rings. The number of benzene rings is 1. The number of hydrogen-bond donors (Lipinski definition) is 2. The van der Waals surface area contributed by atoms with Crippen molar-refractivity contribution in [3.8, 4) is 0 Å². The summed E-state index contributed by atoms with van der Waals surface area (Å²) in [4.78, 5) is 12.8. The molecule has 0 radical (unpaired) electrons. The molecule has 1 amide bonds. The molecule has 6 heteroatoms. The Morgan fingerprint density at radius 3 is 2.77 bits per heavy atom. The van der Waals surface area contributed by atoms with E-state index in [1.54, 1.807) is 0 Å². The van der Waals surface area contributed by atoms with Crippen LogP contribution in [-0.2, 0) is 0 Å². The second-order valence-electron chi connectivity index (χ2n) is 5.38. The molecule has 116 valence electrons. The van der Waals surface area contributed by atoms with Crippen molar-refractivity contribution in [2.45, 2.75) is 24.9 Å². The molecule has 1 aliphatic rings. The molecule has 0 unspecified atom stereocenters. The van der Waals surface area contributed by atoms with Gasteiger partial charge >= 0.3 is 0 Å². The van der Waals surface area contributed by atoms with E-state index in [9.17, 15) is 18.7 Å². The minimum atomic E-state index is -1.08. The van der Waals surface area contributed by atoms with Crippen LogP contribution in [0, 0.1) is 11.6 Å². The topological polar surface area (TPSA) is 49.3 Å². The molecule has 0 saturated heterocycles. The number of thiophene rings is 1. The molecule has 1 saturated carbocycles. The zero-order chi connectivity index (χ0) is 15.7. The lowest BCUT2D eigenvalue weighted by Crippen LogP contribution is -2.28. The normalized spacial score (nSPS) is 15.6. The molecular weight excluding hydrogens is 308 g/mol. The van der Waals surface area contributed by atoms with Crippen molar-refractivity contribution < 1.29 is 18.7 Å². The third kappa shape index (κ3) is 3.18. The lowest BCUT2D eigenvalue weighted by molar-refractivity contribution is 0.0919. The van der Waals surface area contributed by atoms with Gasteiger partial charge in [-0.15, -0.1) is 11.3 Å². The Hall–Kier alpha value is -1.79. The maximum atomic E-state index is 13.1. The molecule has 1 aliphatic carbocycles. The van der Waals surface area contributed by atoms with Gasteiger partial charge in [0.25, 0.3) is 5.91 Å². The Morgan fingerprint density at radius 1 is 1.32 bits per heavy atom. The average molecular weight is 323 g/mol. The van der Waals surface area contributed by atoms with E-state index in [1.165, 1.54) is 17.4 Å². The highest BCUT2D eigenvalue weighted by atomic mass is 32.1. The van der Waals surface area contributed by atoms with Gasteiger partial charge in [0.2, 0.25) is 0 Å². The van der Waals surface area contributed by atoms with Gasteiger partial charge in [-0.2, -0.15) is 0 Å². The molecule has 0 spiro atoms. The lowest BCUT2D eigenvalue weighted by atomic mass is 10.1. The quantitative estimate of drug-likeness (QED) is 0.886. The fourth-order valence-corrected chi connectivity index (χ4v) is 3.23. The van der Waals surface area contributed by atoms with Crippen LogP contribution in [0.1, 0.15) is 45.7 Å². The van der Waals surface area contributed by atoms with Crippen LogP contribution in [0.5, 0.6) is 0 Å². The summed E-state index contributed by atoms with van der Waals surface area (Å²) in [6, 6.07) is 5.16. The number of aliphatic hydroxyl groups excluding tert-OH is 1. The van der Waals surface area contributed by atoms with E-state index in [0.29, 0.717) is 10.8 Å². The van der Waals surface area contributed by atoms with Gasteiger partial charge in [-0.1, -0.05) is 6.07 Å². The first-order valence-corrected chi connectivity index (χ1v) is 7.93. The molecular formula is C16H15F2NO2S. The first kappa shape index (κ1) is 15.1. The number of carbonyl (C=O) groups is 1. The number of amides is 1. The van der Waals surface area contributed by atoms with Crippen molar-refractivity contribution in [3.05, 3.63) is 57.3 Å². The third-order valence-electron chi connectivity index (χ3n) is 3.70. The highest BCUT2D eigenvalue weighted by Gasteiger charge is 2.29. The summed E-state index contributed by atoms with van der Waals surface area (Å²) < 4.78 is 26.0. The molecule has 3 nitrogen and oxygen atoms in total. The number of nitrogens with one attached hydrogen (secondary N) is 1. The van der Waals surface area contributed by atoms with Gasteiger partial charge < -0.3 is 10.4 Å². The summed E-state index contributed by atoms with van der Waals surface area (Å²) in [5.41, 5.74) is 1.29. The van der Waals surface area contributed by atoms with Crippen LogP contribution in [0.3, 0.4) is 0 Å². The van der Waals surface area contributed by atoms with Crippen LogP contribution in [0.15, 0.2) is 29.6 Å². The Kier molecular flexibility index (Phi) is 4.22. The van der Waals surface area contributed by atoms with Crippen LogP contribution in [0.25, 0.3) is 0 Å². The largest absolute Gasteiger partial charge is 0.387 e. The van der Waals surface area contributed by atoms with E-state index in [2.05, 4.69) is 5.32 Å². The predicted molar refractivity (Wildman–Crippen MR) is 79.9 cm³/mol. The van der Waals surface area contributed by atoms with E-state index in [4.69, 9.17) is 0 Å². The van der Waals surface area contributed by atoms with Crippen molar-refractivity contribution in [1.82, 2.24) is 5.32 Å². The summed E-state index contributed by atoms with van der Waals surface area (Å²) >= 11 is 1.37. The van der Waals surface area contributed by atoms with E-state index in [-0.39, 0.29) is 18.0 Å². The smallest absolute Gasteiger partial charge is 0.261 e. The summed E-state index contributed by atoms with van der Waals surface area (Å²) in [7, 11) is 0. The highest BCUT2D eigenvalue weighted by Crippen LogP contribution is 2.43. The van der Waals surface area contributed by atoms with Crippen molar-refractivity contribution in [2.75, 3.05) is 6.54 Å². The van der Waals surface area contributed by atoms with Crippen LogP contribution in [-0.4, -0.2) is 17.6 Å². The molecule has 1 aromatic carbocycles. The number of aliphatic hydroxyl groups is 1. The Labute approximate surface area is 130 Å². The van der Waals surface area contributed by atoms with Crippen LogP contribution in [0.2, 0.25) is 0 Å². The second-order valence-corrected chi connectivity index (χ2v) is 6.29. The standard InChI is InChI=1S/C16H15F2NO2S/c17-12-4-3-10(7-13(12)18)14(20)8-19-16(21)15-11(5-6-22-15)9-1-2-9/h3-7,9,14,20H,1-2,8H2,(H,19,21)/t14-/m0/s1. The summed E-state index contributed by atoms with van der Waals surface area (Å²) in [5.74, 6) is -1.74. The number of carbonyl (C=O) groups excluding carboxylic acids is 1. The molecule has 3 rings (SSSR count). The minimum absolute atomic E-state index is 0.0497. The molecule has 2 N–H and O–H groups in total. The van der Waals surface area contributed by atoms with Crippen molar-refractivity contribution >= 4 is 17.2 Å². The SMILES string of the molecule is O=C(NC[C@H](O)c1ccc(F)c(F)c1)c1sccc1C1CC1. The van der Waals surface area contributed by atoms with Crippen molar-refractivity contribution in [2.24, 2.45) is 0 Å². The van der Waals surface area contributed by atoms with Gasteiger partial charge in [-0.25, -0.2) is 8.78 Å². The Balaban J connectivity index is 1.62. The van der Waals surface area contributed by atoms with Gasteiger partial charge in [-0.05, 0) is 53.5 Å². The molecule has 0 aliphatic heterocycles. The number of hydrogen-bond acceptors (Lipinski definition) is 3. The molecule has 1 aromatic heterocycles. The lowest BCUT2D eigenvalue weighted by Gasteiger charge is -2.12. The Morgan fingerprint density at radius 2 is 2.09 bits per heavy atom. The van der Waals surface area contributed by atoms with Crippen LogP contribution in [0.4, 0.5) is 8.78 Å². The fourth-order valence-electron chi connectivity index (χ4n) is 2.33. The molecule has 0 bridgehead atoms. The van der Waals surface area contributed by atoms with Gasteiger partial charge in [0.05, 0.1) is 11.0 Å². The first-order valence-electron chi connectivity index (χ1n) is 7.05. The monoisotopic (exact) mass is 323 g/mol. The highest BCUT2D eigenvalue weighted by molar-refractivity contribution is 7.12. The van der Waals surface area contributed by atoms with Gasteiger partial charge in [0, 0.05) is 6.54 Å². The summed E-state index contributed by atoms with van der Waals surface area (Å²) in [6.45, 7) is -0.0497. The maximum Gasteiger partial charge on any atom is 0.261 e. The van der Waals surface area contributed by atoms with E-state index >= 15 is 0 Å². The average Bonchev–Trinajstić information content (AvgIpc) is 3.24. The molecule has 1 atom stereocenters.